The molecule has 0 spiro atoms. The average Bonchev–Trinajstić information content (AvgIpc) is 3.03. The molecule has 4 aromatic rings. The molecule has 2 atom stereocenters. The minimum atomic E-state index is -0.883. The van der Waals surface area contributed by atoms with E-state index in [1.165, 1.54) is 9.91 Å². The van der Waals surface area contributed by atoms with Gasteiger partial charge in [-0.25, -0.2) is 9.80 Å². The summed E-state index contributed by atoms with van der Waals surface area (Å²) in [6.45, 7) is 0.499. The third-order valence-electron chi connectivity index (χ3n) is 8.04. The molecule has 2 aliphatic rings. The molecule has 0 bridgehead atoms. The summed E-state index contributed by atoms with van der Waals surface area (Å²) in [7, 11) is 0. The number of phenolic OH excluding ortho intramolecular Hbond substituents is 1. The molecule has 1 unspecified atom stereocenters. The van der Waals surface area contributed by atoms with E-state index in [0.717, 1.165) is 27.6 Å². The zero-order valence-electron chi connectivity index (χ0n) is 24.0. The van der Waals surface area contributed by atoms with E-state index in [0.29, 0.717) is 0 Å². The second-order valence-corrected chi connectivity index (χ2v) is 10.9. The van der Waals surface area contributed by atoms with Gasteiger partial charge in [0.25, 0.3) is 0 Å². The van der Waals surface area contributed by atoms with Crippen molar-refractivity contribution in [3.8, 4) is 18.1 Å². The molecule has 2 saturated heterocycles. The lowest BCUT2D eigenvalue weighted by atomic mass is 9.98. The summed E-state index contributed by atoms with van der Waals surface area (Å²) >= 11 is 0. The van der Waals surface area contributed by atoms with Crippen LogP contribution in [0.25, 0.3) is 10.9 Å². The second-order valence-electron chi connectivity index (χ2n) is 10.9. The Hall–Kier alpha value is -5.40. The number of urea groups is 1. The summed E-state index contributed by atoms with van der Waals surface area (Å²) in [4.78, 5) is 49.6. The molecule has 10 nitrogen and oxygen atoms in total. The first-order chi connectivity index (χ1) is 21.4. The van der Waals surface area contributed by atoms with Crippen LogP contribution < -0.4 is 5.32 Å². The van der Waals surface area contributed by atoms with Crippen molar-refractivity contribution in [2.24, 2.45) is 0 Å². The highest BCUT2D eigenvalue weighted by Gasteiger charge is 2.51. The van der Waals surface area contributed by atoms with Crippen LogP contribution in [0.5, 0.6) is 5.75 Å². The summed E-state index contributed by atoms with van der Waals surface area (Å²) in [5.41, 5.74) is 3.33. The van der Waals surface area contributed by atoms with Crippen molar-refractivity contribution in [2.75, 3.05) is 19.6 Å². The van der Waals surface area contributed by atoms with Crippen LogP contribution in [0.4, 0.5) is 4.79 Å². The number of terminal acetylenes is 1. The maximum atomic E-state index is 14.2. The number of piperazine rings is 1. The largest absolute Gasteiger partial charge is 0.508 e. The molecule has 222 valence electrons. The molecule has 3 heterocycles. The number of phenols is 1. The molecule has 0 saturated carbocycles. The van der Waals surface area contributed by atoms with Gasteiger partial charge in [0.15, 0.2) is 0 Å². The minimum Gasteiger partial charge on any atom is -0.508 e. The number of hydrogen-bond donors (Lipinski definition) is 2. The molecule has 10 heteroatoms. The number of para-hydroxylation sites is 1. The summed E-state index contributed by atoms with van der Waals surface area (Å²) in [6.07, 6.45) is 6.80. The molecule has 0 radical (unpaired) electrons. The summed E-state index contributed by atoms with van der Waals surface area (Å²) in [5, 5.41) is 16.8. The van der Waals surface area contributed by atoms with E-state index in [2.05, 4.69) is 16.2 Å². The van der Waals surface area contributed by atoms with Crippen LogP contribution in [-0.4, -0.2) is 79.6 Å². The van der Waals surface area contributed by atoms with E-state index in [9.17, 15) is 19.5 Å². The SMILES string of the molecule is C#CCN1CC(=O)N2C(CN(Cc3cccc4cccnc34)C(=O)[C@@H]2Cc2ccc(O)cc2)N1C(=O)NCc1ccccc1. The maximum Gasteiger partial charge on any atom is 0.334 e. The number of benzene rings is 3. The second kappa shape index (κ2) is 12.5. The van der Waals surface area contributed by atoms with E-state index in [1.54, 1.807) is 40.4 Å². The number of hydrogen-bond acceptors (Lipinski definition) is 6. The lowest BCUT2D eigenvalue weighted by molar-refractivity contribution is -0.189. The number of pyridine rings is 1. The number of aromatic nitrogens is 1. The van der Waals surface area contributed by atoms with E-state index in [1.807, 2.05) is 60.7 Å². The van der Waals surface area contributed by atoms with Crippen molar-refractivity contribution in [3.05, 3.63) is 108 Å². The fourth-order valence-corrected chi connectivity index (χ4v) is 5.99. The first-order valence-corrected chi connectivity index (χ1v) is 14.4. The Labute approximate surface area is 255 Å². The smallest absolute Gasteiger partial charge is 0.334 e. The normalized spacial score (nSPS) is 18.7. The van der Waals surface area contributed by atoms with Gasteiger partial charge in [-0.1, -0.05) is 72.7 Å². The Morgan fingerprint density at radius 2 is 1.75 bits per heavy atom. The number of nitrogens with zero attached hydrogens (tertiary/aromatic N) is 5. The van der Waals surface area contributed by atoms with Crippen LogP contribution in [0.1, 0.15) is 16.7 Å². The monoisotopic (exact) mass is 588 g/mol. The third kappa shape index (κ3) is 5.78. The molecule has 4 amide bonds. The Kier molecular flexibility index (Phi) is 8.12. The van der Waals surface area contributed by atoms with Crippen molar-refractivity contribution in [2.45, 2.75) is 31.7 Å². The van der Waals surface area contributed by atoms with Crippen molar-refractivity contribution in [3.63, 3.8) is 0 Å². The minimum absolute atomic E-state index is 0.0403. The number of rotatable bonds is 7. The topological polar surface area (TPSA) is 109 Å². The number of carbonyl (C=O) groups excluding carboxylic acids is 3. The molecular formula is C34H32N6O4. The summed E-state index contributed by atoms with van der Waals surface area (Å²) < 4.78 is 0. The number of carbonyl (C=O) groups is 3. The lowest BCUT2D eigenvalue weighted by Crippen LogP contribution is -2.76. The van der Waals surface area contributed by atoms with Gasteiger partial charge in [0, 0.05) is 31.1 Å². The van der Waals surface area contributed by atoms with E-state index < -0.39 is 18.2 Å². The van der Waals surface area contributed by atoms with Gasteiger partial charge in [0.05, 0.1) is 25.2 Å². The number of nitrogens with one attached hydrogen (secondary N) is 1. The van der Waals surface area contributed by atoms with Crippen molar-refractivity contribution in [1.82, 2.24) is 30.1 Å². The van der Waals surface area contributed by atoms with Gasteiger partial charge in [-0.2, -0.15) is 5.01 Å². The molecule has 0 aliphatic carbocycles. The average molecular weight is 589 g/mol. The van der Waals surface area contributed by atoms with Gasteiger partial charge in [-0.05, 0) is 34.9 Å². The van der Waals surface area contributed by atoms with Crippen LogP contribution in [0, 0.1) is 12.3 Å². The first-order valence-electron chi connectivity index (χ1n) is 14.4. The molecule has 1 aromatic heterocycles. The highest BCUT2D eigenvalue weighted by atomic mass is 16.3. The van der Waals surface area contributed by atoms with Crippen LogP contribution in [0.15, 0.2) is 91.1 Å². The molecule has 6 rings (SSSR count). The van der Waals surface area contributed by atoms with Gasteiger partial charge in [-0.15, -0.1) is 6.42 Å². The third-order valence-corrected chi connectivity index (χ3v) is 8.04. The van der Waals surface area contributed by atoms with E-state index >= 15 is 0 Å². The molecule has 2 aliphatic heterocycles. The highest BCUT2D eigenvalue weighted by molar-refractivity contribution is 5.92. The lowest BCUT2D eigenvalue weighted by Gasteiger charge is -2.55. The molecule has 3 aromatic carbocycles. The fourth-order valence-electron chi connectivity index (χ4n) is 5.99. The number of hydrazine groups is 1. The fraction of sp³-hybridized carbons (Fsp3) is 0.235. The van der Waals surface area contributed by atoms with Crippen molar-refractivity contribution in [1.29, 1.82) is 0 Å². The van der Waals surface area contributed by atoms with E-state index in [-0.39, 0.29) is 56.7 Å². The summed E-state index contributed by atoms with van der Waals surface area (Å²) in [5.74, 6) is 2.15. The van der Waals surface area contributed by atoms with Gasteiger partial charge >= 0.3 is 6.03 Å². The number of fused-ring (bicyclic) bond motifs is 2. The van der Waals surface area contributed by atoms with Gasteiger partial charge in [0.1, 0.15) is 18.0 Å². The Morgan fingerprint density at radius 3 is 2.52 bits per heavy atom. The van der Waals surface area contributed by atoms with Gasteiger partial charge < -0.3 is 20.2 Å². The quantitative estimate of drug-likeness (QED) is 0.321. The molecule has 2 N–H and O–H groups in total. The predicted molar refractivity (Wildman–Crippen MR) is 164 cm³/mol. The van der Waals surface area contributed by atoms with E-state index in [4.69, 9.17) is 6.42 Å². The zero-order valence-corrected chi connectivity index (χ0v) is 24.0. The van der Waals surface area contributed by atoms with Gasteiger partial charge in [-0.3, -0.25) is 14.6 Å². The highest BCUT2D eigenvalue weighted by Crippen LogP contribution is 2.30. The standard InChI is InChI=1S/C34H32N6O4/c1-2-18-38-23-31(42)39-29(19-24-13-15-28(41)16-14-24)33(43)37(21-27-11-6-10-26-12-7-17-35-32(26)27)22-30(39)40(38)34(44)36-20-25-8-4-3-5-9-25/h1,3-17,29-30,41H,18-23H2,(H,36,44)/t29-,30?/m0/s1. The van der Waals surface area contributed by atoms with Crippen molar-refractivity contribution < 1.29 is 19.5 Å². The predicted octanol–water partition coefficient (Wildman–Crippen LogP) is 3.12. The Bertz CT molecular complexity index is 1720. The molecule has 2 fully saturated rings. The Morgan fingerprint density at radius 1 is 0.977 bits per heavy atom. The molecule has 44 heavy (non-hydrogen) atoms. The van der Waals surface area contributed by atoms with Crippen LogP contribution in [0.2, 0.25) is 0 Å². The van der Waals surface area contributed by atoms with Crippen molar-refractivity contribution >= 4 is 28.7 Å². The zero-order chi connectivity index (χ0) is 30.6. The maximum absolute atomic E-state index is 14.2. The summed E-state index contributed by atoms with van der Waals surface area (Å²) in [6, 6.07) is 24.5. The number of amides is 4. The van der Waals surface area contributed by atoms with Gasteiger partial charge in [0.2, 0.25) is 11.8 Å². The number of aromatic hydroxyl groups is 1. The molecular weight excluding hydrogens is 556 g/mol. The Balaban J connectivity index is 1.37. The van der Waals surface area contributed by atoms with Crippen LogP contribution >= 0.6 is 0 Å². The van der Waals surface area contributed by atoms with Crippen LogP contribution in [-0.2, 0) is 29.1 Å². The van der Waals surface area contributed by atoms with Crippen LogP contribution in [0.3, 0.4) is 0 Å². The first kappa shape index (κ1) is 28.7.